The number of anilines is 1. The number of carbonyl (C=O) groups is 3. The third kappa shape index (κ3) is 5.34. The predicted octanol–water partition coefficient (Wildman–Crippen LogP) is 0.734. The normalized spacial score (nSPS) is 14.0. The van der Waals surface area contributed by atoms with Gasteiger partial charge in [0.25, 0.3) is 5.91 Å². The van der Waals surface area contributed by atoms with Crippen LogP contribution in [0.1, 0.15) is 29.6 Å². The average molecular weight is 355 g/mol. The minimum absolute atomic E-state index is 0.0683. The summed E-state index contributed by atoms with van der Waals surface area (Å²) < 4.78 is 0. The summed E-state index contributed by atoms with van der Waals surface area (Å²) >= 11 is 0. The number of amides is 3. The topological polar surface area (TPSA) is 128 Å². The lowest BCUT2D eigenvalue weighted by molar-refractivity contribution is -0.127. The molecule has 0 unspecified atom stereocenters. The zero-order valence-electron chi connectivity index (χ0n) is 14.3. The van der Waals surface area contributed by atoms with Crippen LogP contribution in [0, 0.1) is 11.3 Å². The number of carbonyl (C=O) groups excluding carboxylic acids is 3. The molecule has 0 aliphatic carbocycles. The Kier molecular flexibility index (Phi) is 6.74. The molecule has 1 heterocycles. The van der Waals surface area contributed by atoms with E-state index in [0.29, 0.717) is 37.2 Å². The first-order valence-electron chi connectivity index (χ1n) is 8.34. The van der Waals surface area contributed by atoms with Crippen LogP contribution in [0.3, 0.4) is 0 Å². The van der Waals surface area contributed by atoms with E-state index in [1.807, 2.05) is 6.07 Å². The molecule has 8 nitrogen and oxygen atoms in total. The first kappa shape index (κ1) is 19.0. The van der Waals surface area contributed by atoms with Crippen LogP contribution in [-0.2, 0) is 9.59 Å². The van der Waals surface area contributed by atoms with Crippen LogP contribution >= 0.6 is 0 Å². The summed E-state index contributed by atoms with van der Waals surface area (Å²) in [6.45, 7) is 1.76. The number of nitrogens with one attached hydrogen (secondary N) is 2. The highest BCUT2D eigenvalue weighted by Crippen LogP contribution is 2.10. The molecule has 4 N–H and O–H groups in total. The zero-order valence-corrected chi connectivity index (χ0v) is 14.3. The van der Waals surface area contributed by atoms with Gasteiger partial charge in [0.15, 0.2) is 0 Å². The number of nitrogens with two attached hydrogens (primary N) is 1. The van der Waals surface area contributed by atoms with E-state index in [4.69, 9.17) is 11.0 Å². The van der Waals surface area contributed by atoms with Crippen LogP contribution in [0.4, 0.5) is 5.69 Å². The molecule has 1 aromatic carbocycles. The number of rotatable bonds is 8. The summed E-state index contributed by atoms with van der Waals surface area (Å²) in [5.74, 6) is -0.859. The molecule has 1 fully saturated rings. The SMILES string of the molecule is N#C/C(=C/Nc1ccc(C(N)=O)cc1)C(=O)NCCCN1CCCC1=O. The Labute approximate surface area is 151 Å². The van der Waals surface area contributed by atoms with Crippen LogP contribution in [0.25, 0.3) is 0 Å². The fraction of sp³-hybridized carbons (Fsp3) is 0.333. The van der Waals surface area contributed by atoms with Gasteiger partial charge in [0, 0.05) is 43.5 Å². The Hall–Kier alpha value is -3.34. The summed E-state index contributed by atoms with van der Waals surface area (Å²) in [6.07, 6.45) is 3.43. The van der Waals surface area contributed by atoms with E-state index in [-0.39, 0.29) is 11.5 Å². The summed E-state index contributed by atoms with van der Waals surface area (Å²) in [6, 6.07) is 8.17. The van der Waals surface area contributed by atoms with Gasteiger partial charge in [-0.05, 0) is 37.1 Å². The van der Waals surface area contributed by atoms with Gasteiger partial charge in [-0.25, -0.2) is 0 Å². The zero-order chi connectivity index (χ0) is 18.9. The highest BCUT2D eigenvalue weighted by Gasteiger charge is 2.19. The number of hydrogen-bond acceptors (Lipinski definition) is 5. The van der Waals surface area contributed by atoms with Crippen molar-refractivity contribution in [3.8, 4) is 6.07 Å². The van der Waals surface area contributed by atoms with Crippen molar-refractivity contribution in [2.24, 2.45) is 5.73 Å². The molecule has 0 radical (unpaired) electrons. The van der Waals surface area contributed by atoms with E-state index in [9.17, 15) is 14.4 Å². The highest BCUT2D eigenvalue weighted by atomic mass is 16.2. The Morgan fingerprint density at radius 2 is 2.04 bits per heavy atom. The molecular formula is C18H21N5O3. The molecule has 0 spiro atoms. The number of primary amides is 1. The number of hydrogen-bond donors (Lipinski definition) is 3. The van der Waals surface area contributed by atoms with E-state index >= 15 is 0 Å². The Morgan fingerprint density at radius 1 is 1.31 bits per heavy atom. The van der Waals surface area contributed by atoms with Crippen LogP contribution in [0.5, 0.6) is 0 Å². The van der Waals surface area contributed by atoms with Crippen LogP contribution < -0.4 is 16.4 Å². The molecule has 3 amide bonds. The number of benzene rings is 1. The second-order valence-electron chi connectivity index (χ2n) is 5.85. The quantitative estimate of drug-likeness (QED) is 0.360. The summed E-state index contributed by atoms with van der Waals surface area (Å²) in [5.41, 5.74) is 6.08. The van der Waals surface area contributed by atoms with Crippen molar-refractivity contribution in [2.45, 2.75) is 19.3 Å². The molecule has 0 bridgehead atoms. The lowest BCUT2D eigenvalue weighted by Gasteiger charge is -2.15. The highest BCUT2D eigenvalue weighted by molar-refractivity contribution is 5.97. The Bertz CT molecular complexity index is 749. The standard InChI is InChI=1S/C18H21N5O3/c19-11-14(12-22-15-6-4-13(5-7-15)17(20)25)18(26)21-8-2-10-23-9-1-3-16(23)24/h4-7,12,22H,1-3,8-10H2,(H2,20,25)(H,21,26)/b14-12-. The third-order valence-electron chi connectivity index (χ3n) is 3.98. The summed E-state index contributed by atoms with van der Waals surface area (Å²) in [4.78, 5) is 36.3. The third-order valence-corrected chi connectivity index (χ3v) is 3.98. The lowest BCUT2D eigenvalue weighted by Crippen LogP contribution is -2.31. The van der Waals surface area contributed by atoms with Crippen molar-refractivity contribution in [2.75, 3.05) is 25.0 Å². The maximum atomic E-state index is 12.0. The van der Waals surface area contributed by atoms with Gasteiger partial charge in [-0.1, -0.05) is 0 Å². The average Bonchev–Trinajstić information content (AvgIpc) is 3.04. The fourth-order valence-electron chi connectivity index (χ4n) is 2.54. The molecule has 0 saturated carbocycles. The van der Waals surface area contributed by atoms with Crippen molar-refractivity contribution >= 4 is 23.4 Å². The van der Waals surface area contributed by atoms with E-state index in [2.05, 4.69) is 10.6 Å². The molecule has 26 heavy (non-hydrogen) atoms. The van der Waals surface area contributed by atoms with Gasteiger partial charge in [0.05, 0.1) is 0 Å². The van der Waals surface area contributed by atoms with Crippen molar-refractivity contribution < 1.29 is 14.4 Å². The minimum Gasteiger partial charge on any atom is -0.366 e. The van der Waals surface area contributed by atoms with E-state index in [1.165, 1.54) is 6.20 Å². The fourth-order valence-corrected chi connectivity index (χ4v) is 2.54. The maximum absolute atomic E-state index is 12.0. The predicted molar refractivity (Wildman–Crippen MR) is 95.7 cm³/mol. The molecule has 1 aliphatic heterocycles. The summed E-state index contributed by atoms with van der Waals surface area (Å²) in [5, 5.41) is 14.6. The van der Waals surface area contributed by atoms with E-state index < -0.39 is 11.8 Å². The van der Waals surface area contributed by atoms with E-state index in [0.717, 1.165) is 13.0 Å². The van der Waals surface area contributed by atoms with Crippen molar-refractivity contribution in [3.63, 3.8) is 0 Å². The van der Waals surface area contributed by atoms with Crippen molar-refractivity contribution in [1.82, 2.24) is 10.2 Å². The monoisotopic (exact) mass is 355 g/mol. The van der Waals surface area contributed by atoms with Crippen LogP contribution in [0.15, 0.2) is 36.0 Å². The number of likely N-dealkylation sites (tertiary alicyclic amines) is 1. The van der Waals surface area contributed by atoms with Gasteiger partial charge in [0.2, 0.25) is 11.8 Å². The lowest BCUT2D eigenvalue weighted by atomic mass is 10.2. The van der Waals surface area contributed by atoms with Gasteiger partial charge in [0.1, 0.15) is 11.6 Å². The molecule has 1 aromatic rings. The Balaban J connectivity index is 1.79. The molecule has 136 valence electrons. The smallest absolute Gasteiger partial charge is 0.263 e. The van der Waals surface area contributed by atoms with Crippen molar-refractivity contribution in [1.29, 1.82) is 5.26 Å². The first-order chi connectivity index (χ1) is 12.5. The second kappa shape index (κ2) is 9.22. The number of nitriles is 1. The molecule has 1 saturated heterocycles. The van der Waals surface area contributed by atoms with Crippen LogP contribution in [0.2, 0.25) is 0 Å². The van der Waals surface area contributed by atoms with Gasteiger partial charge < -0.3 is 21.3 Å². The molecule has 1 aliphatic rings. The van der Waals surface area contributed by atoms with Gasteiger partial charge in [-0.3, -0.25) is 14.4 Å². The van der Waals surface area contributed by atoms with E-state index in [1.54, 1.807) is 29.2 Å². The van der Waals surface area contributed by atoms with Gasteiger partial charge in [-0.2, -0.15) is 5.26 Å². The molecule has 2 rings (SSSR count). The molecule has 0 aromatic heterocycles. The van der Waals surface area contributed by atoms with Gasteiger partial charge in [-0.15, -0.1) is 0 Å². The molecular weight excluding hydrogens is 334 g/mol. The van der Waals surface area contributed by atoms with Crippen molar-refractivity contribution in [3.05, 3.63) is 41.6 Å². The van der Waals surface area contributed by atoms with Gasteiger partial charge >= 0.3 is 0 Å². The largest absolute Gasteiger partial charge is 0.366 e. The molecule has 8 heteroatoms. The first-order valence-corrected chi connectivity index (χ1v) is 8.34. The maximum Gasteiger partial charge on any atom is 0.263 e. The number of nitrogens with zero attached hydrogens (tertiary/aromatic N) is 2. The molecule has 0 atom stereocenters. The van der Waals surface area contributed by atoms with Crippen LogP contribution in [-0.4, -0.2) is 42.3 Å². The second-order valence-corrected chi connectivity index (χ2v) is 5.85. The summed E-state index contributed by atoms with van der Waals surface area (Å²) in [7, 11) is 0. The minimum atomic E-state index is -0.528. The Morgan fingerprint density at radius 3 is 2.62 bits per heavy atom.